The van der Waals surface area contributed by atoms with Crippen molar-refractivity contribution in [2.24, 2.45) is 5.41 Å². The van der Waals surface area contributed by atoms with Crippen molar-refractivity contribution in [3.63, 3.8) is 0 Å². The number of hydrogen-bond acceptors (Lipinski definition) is 4. The first kappa shape index (κ1) is 20.1. The average Bonchev–Trinajstić information content (AvgIpc) is 2.94. The molecule has 1 amide bonds. The van der Waals surface area contributed by atoms with Gasteiger partial charge in [0.05, 0.1) is 11.4 Å². The number of piperidine rings is 1. The van der Waals surface area contributed by atoms with Crippen molar-refractivity contribution in [2.45, 2.75) is 52.6 Å². The molecular formula is C23H33N5O. The first-order valence-electron chi connectivity index (χ1n) is 10.7. The molecule has 0 radical (unpaired) electrons. The highest BCUT2D eigenvalue weighted by atomic mass is 16.2. The summed E-state index contributed by atoms with van der Waals surface area (Å²) in [7, 11) is 0. The van der Waals surface area contributed by atoms with Gasteiger partial charge in [0.25, 0.3) is 0 Å². The van der Waals surface area contributed by atoms with Crippen molar-refractivity contribution < 1.29 is 4.79 Å². The number of nitrogens with zero attached hydrogens (tertiary/aromatic N) is 3. The van der Waals surface area contributed by atoms with Gasteiger partial charge in [-0.2, -0.15) is 5.10 Å². The van der Waals surface area contributed by atoms with E-state index in [1.807, 2.05) is 22.9 Å². The molecule has 1 spiro atoms. The number of carbonyl (C=O) groups excluding carboxylic acids is 1. The van der Waals surface area contributed by atoms with Gasteiger partial charge in [0.15, 0.2) is 0 Å². The van der Waals surface area contributed by atoms with Gasteiger partial charge in [-0.1, -0.05) is 32.0 Å². The molecule has 0 bridgehead atoms. The second-order valence-electron chi connectivity index (χ2n) is 9.46. The standard InChI is InChI=1S/C23H33N5O/c1-17-20(18(2)28(26-17)19-8-6-5-7-9-19)14-27-12-10-23(11-13-27)21(29)24-15-22(3,4)16-25-23/h5-9,25H,10-16H2,1-4H3,(H,24,29). The maximum atomic E-state index is 12.8. The fraction of sp³-hybridized carbons (Fsp3) is 0.565. The van der Waals surface area contributed by atoms with Crippen LogP contribution in [0.2, 0.25) is 0 Å². The van der Waals surface area contributed by atoms with Crippen LogP contribution in [-0.4, -0.2) is 52.3 Å². The molecule has 2 aromatic rings. The molecule has 0 saturated carbocycles. The van der Waals surface area contributed by atoms with Gasteiger partial charge in [-0.15, -0.1) is 0 Å². The molecule has 2 aliphatic rings. The zero-order valence-electron chi connectivity index (χ0n) is 18.1. The zero-order chi connectivity index (χ0) is 20.6. The fourth-order valence-electron chi connectivity index (χ4n) is 4.48. The van der Waals surface area contributed by atoms with E-state index in [9.17, 15) is 4.79 Å². The number of para-hydroxylation sites is 1. The minimum absolute atomic E-state index is 0.0938. The van der Waals surface area contributed by atoms with Gasteiger partial charge < -0.3 is 10.6 Å². The lowest BCUT2D eigenvalue weighted by Crippen LogP contribution is -2.60. The van der Waals surface area contributed by atoms with Crippen molar-refractivity contribution in [3.05, 3.63) is 47.3 Å². The lowest BCUT2D eigenvalue weighted by molar-refractivity contribution is -0.129. The largest absolute Gasteiger partial charge is 0.354 e. The minimum Gasteiger partial charge on any atom is -0.354 e. The Hall–Kier alpha value is -2.18. The highest BCUT2D eigenvalue weighted by Gasteiger charge is 2.44. The summed E-state index contributed by atoms with van der Waals surface area (Å²) in [6, 6.07) is 10.3. The van der Waals surface area contributed by atoms with Crippen molar-refractivity contribution in [1.29, 1.82) is 0 Å². The van der Waals surface area contributed by atoms with Crippen LogP contribution in [0.1, 0.15) is 43.6 Å². The van der Waals surface area contributed by atoms with E-state index >= 15 is 0 Å². The van der Waals surface area contributed by atoms with Gasteiger partial charge in [0.1, 0.15) is 5.54 Å². The monoisotopic (exact) mass is 395 g/mol. The number of carbonyl (C=O) groups is 1. The van der Waals surface area contributed by atoms with Gasteiger partial charge in [-0.05, 0) is 44.2 Å². The SMILES string of the molecule is Cc1nn(-c2ccccc2)c(C)c1CN1CCC2(CC1)NCC(C)(C)CNC2=O. The normalized spacial score (nSPS) is 21.7. The van der Waals surface area contributed by atoms with Crippen molar-refractivity contribution >= 4 is 5.91 Å². The van der Waals surface area contributed by atoms with Crippen LogP contribution in [-0.2, 0) is 11.3 Å². The fourth-order valence-corrected chi connectivity index (χ4v) is 4.48. The molecule has 1 aromatic carbocycles. The van der Waals surface area contributed by atoms with Crippen molar-refractivity contribution in [3.8, 4) is 5.69 Å². The smallest absolute Gasteiger partial charge is 0.240 e. The van der Waals surface area contributed by atoms with E-state index in [1.165, 1.54) is 11.3 Å². The molecule has 2 fully saturated rings. The van der Waals surface area contributed by atoms with Crippen LogP contribution < -0.4 is 10.6 Å². The third kappa shape index (κ3) is 3.96. The molecule has 6 heteroatoms. The Bertz CT molecular complexity index is 878. The quantitative estimate of drug-likeness (QED) is 0.839. The Balaban J connectivity index is 1.45. The van der Waals surface area contributed by atoms with E-state index in [0.717, 1.165) is 56.9 Å². The van der Waals surface area contributed by atoms with Crippen LogP contribution in [0.15, 0.2) is 30.3 Å². The van der Waals surface area contributed by atoms with Gasteiger partial charge in [-0.25, -0.2) is 4.68 Å². The Kier molecular flexibility index (Phi) is 5.25. The molecule has 1 aromatic heterocycles. The van der Waals surface area contributed by atoms with Gasteiger partial charge in [0.2, 0.25) is 5.91 Å². The van der Waals surface area contributed by atoms with E-state index in [-0.39, 0.29) is 11.3 Å². The van der Waals surface area contributed by atoms with Crippen LogP contribution in [0.5, 0.6) is 0 Å². The first-order chi connectivity index (χ1) is 13.8. The molecule has 29 heavy (non-hydrogen) atoms. The predicted molar refractivity (Wildman–Crippen MR) is 115 cm³/mol. The predicted octanol–water partition coefficient (Wildman–Crippen LogP) is 2.57. The van der Waals surface area contributed by atoms with E-state index in [4.69, 9.17) is 5.10 Å². The topological polar surface area (TPSA) is 62.2 Å². The summed E-state index contributed by atoms with van der Waals surface area (Å²) in [5, 5.41) is 11.6. The Morgan fingerprint density at radius 3 is 2.45 bits per heavy atom. The summed E-state index contributed by atoms with van der Waals surface area (Å²) in [6.45, 7) is 13.0. The molecule has 0 unspecified atom stereocenters. The van der Waals surface area contributed by atoms with E-state index in [0.29, 0.717) is 0 Å². The number of rotatable bonds is 3. The van der Waals surface area contributed by atoms with Crippen molar-refractivity contribution in [1.82, 2.24) is 25.3 Å². The Morgan fingerprint density at radius 2 is 1.76 bits per heavy atom. The maximum absolute atomic E-state index is 12.8. The maximum Gasteiger partial charge on any atom is 0.240 e. The van der Waals surface area contributed by atoms with Gasteiger partial charge >= 0.3 is 0 Å². The summed E-state index contributed by atoms with van der Waals surface area (Å²) in [5.74, 6) is 0.173. The van der Waals surface area contributed by atoms with Crippen LogP contribution in [0.4, 0.5) is 0 Å². The number of hydrogen-bond donors (Lipinski definition) is 2. The van der Waals surface area contributed by atoms with Crippen LogP contribution >= 0.6 is 0 Å². The van der Waals surface area contributed by atoms with Crippen LogP contribution in [0.3, 0.4) is 0 Å². The molecule has 0 atom stereocenters. The first-order valence-corrected chi connectivity index (χ1v) is 10.7. The number of aromatic nitrogens is 2. The summed E-state index contributed by atoms with van der Waals surface area (Å²) in [4.78, 5) is 15.3. The number of nitrogens with one attached hydrogen (secondary N) is 2. The van der Waals surface area contributed by atoms with Gasteiger partial charge in [-0.3, -0.25) is 9.69 Å². The zero-order valence-corrected chi connectivity index (χ0v) is 18.1. The van der Waals surface area contributed by atoms with Crippen LogP contribution in [0, 0.1) is 19.3 Å². The molecule has 2 aliphatic heterocycles. The summed E-state index contributed by atoms with van der Waals surface area (Å²) < 4.78 is 2.04. The summed E-state index contributed by atoms with van der Waals surface area (Å²) in [6.07, 6.45) is 1.69. The second-order valence-corrected chi connectivity index (χ2v) is 9.46. The number of likely N-dealkylation sites (tertiary alicyclic amines) is 1. The van der Waals surface area contributed by atoms with E-state index in [2.05, 4.69) is 55.4 Å². The highest BCUT2D eigenvalue weighted by molar-refractivity contribution is 5.86. The highest BCUT2D eigenvalue weighted by Crippen LogP contribution is 2.29. The van der Waals surface area contributed by atoms with E-state index in [1.54, 1.807) is 0 Å². The average molecular weight is 396 g/mol. The molecule has 0 aliphatic carbocycles. The van der Waals surface area contributed by atoms with E-state index < -0.39 is 5.54 Å². The van der Waals surface area contributed by atoms with Crippen molar-refractivity contribution in [2.75, 3.05) is 26.2 Å². The summed E-state index contributed by atoms with van der Waals surface area (Å²) in [5.41, 5.74) is 4.35. The van der Waals surface area contributed by atoms with Gasteiger partial charge in [0, 0.05) is 44.0 Å². The number of benzene rings is 1. The molecule has 2 N–H and O–H groups in total. The number of aryl methyl sites for hydroxylation is 1. The molecule has 2 saturated heterocycles. The molecule has 6 nitrogen and oxygen atoms in total. The molecular weight excluding hydrogens is 362 g/mol. The Labute approximate surface area is 173 Å². The Morgan fingerprint density at radius 1 is 1.07 bits per heavy atom. The summed E-state index contributed by atoms with van der Waals surface area (Å²) >= 11 is 0. The molecule has 4 rings (SSSR count). The second kappa shape index (κ2) is 7.58. The number of amides is 1. The third-order valence-electron chi connectivity index (χ3n) is 6.60. The third-order valence-corrected chi connectivity index (χ3v) is 6.60. The lowest BCUT2D eigenvalue weighted by Gasteiger charge is -2.40. The lowest BCUT2D eigenvalue weighted by atomic mass is 9.86. The van der Waals surface area contributed by atoms with Crippen LogP contribution in [0.25, 0.3) is 5.69 Å². The molecule has 156 valence electrons. The minimum atomic E-state index is -0.414. The molecule has 3 heterocycles.